The van der Waals surface area contributed by atoms with Crippen LogP contribution in [0.4, 0.5) is 5.69 Å². The Bertz CT molecular complexity index is 612. The van der Waals surface area contributed by atoms with Crippen molar-refractivity contribution in [1.82, 2.24) is 0 Å². The fourth-order valence-corrected chi connectivity index (χ4v) is 2.34. The Hall–Kier alpha value is -1.46. The van der Waals surface area contributed by atoms with Crippen molar-refractivity contribution < 1.29 is 13.9 Å². The fourth-order valence-electron chi connectivity index (χ4n) is 1.71. The van der Waals surface area contributed by atoms with E-state index in [2.05, 4.69) is 21.2 Å². The Morgan fingerprint density at radius 2 is 2.25 bits per heavy atom. The molecule has 0 radical (unpaired) electrons. The van der Waals surface area contributed by atoms with Gasteiger partial charge in [0.25, 0.3) is 5.91 Å². The van der Waals surface area contributed by atoms with Gasteiger partial charge in [-0.2, -0.15) is 0 Å². The topological polar surface area (TPSA) is 51.5 Å². The Morgan fingerprint density at radius 1 is 1.45 bits per heavy atom. The second-order valence-corrected chi connectivity index (χ2v) is 4.94. The Balaban J connectivity index is 2.18. The number of furan rings is 1. The van der Waals surface area contributed by atoms with Crippen molar-refractivity contribution in [3.63, 3.8) is 0 Å². The number of nitrogens with one attached hydrogen (secondary N) is 1. The summed E-state index contributed by atoms with van der Waals surface area (Å²) in [5.74, 6) is 0.786. The van der Waals surface area contributed by atoms with Crippen LogP contribution >= 0.6 is 27.5 Å². The van der Waals surface area contributed by atoms with Gasteiger partial charge in [-0.1, -0.05) is 0 Å². The van der Waals surface area contributed by atoms with Gasteiger partial charge in [0.2, 0.25) is 0 Å². The Morgan fingerprint density at radius 3 is 2.85 bits per heavy atom. The number of amides is 1. The molecule has 0 saturated heterocycles. The summed E-state index contributed by atoms with van der Waals surface area (Å²) in [6.45, 7) is 2.47. The van der Waals surface area contributed by atoms with E-state index < -0.39 is 0 Å². The molecule has 1 aromatic carbocycles. The lowest BCUT2D eigenvalue weighted by Crippen LogP contribution is -2.11. The third kappa shape index (κ3) is 3.35. The van der Waals surface area contributed by atoms with E-state index in [1.54, 1.807) is 24.3 Å². The number of halogens is 2. The Kier molecular flexibility index (Phi) is 5.09. The van der Waals surface area contributed by atoms with Crippen LogP contribution in [0.25, 0.3) is 0 Å². The molecular formula is C14H13BrClNO3. The number of rotatable bonds is 5. The molecule has 0 atom stereocenters. The van der Waals surface area contributed by atoms with Crippen LogP contribution in [0.1, 0.15) is 22.8 Å². The third-order valence-corrected chi connectivity index (χ3v) is 3.53. The van der Waals surface area contributed by atoms with Crippen molar-refractivity contribution in [2.24, 2.45) is 0 Å². The van der Waals surface area contributed by atoms with Crippen molar-refractivity contribution in [2.75, 3.05) is 11.9 Å². The zero-order valence-electron chi connectivity index (χ0n) is 10.8. The van der Waals surface area contributed by atoms with Crippen molar-refractivity contribution >= 4 is 39.1 Å². The minimum absolute atomic E-state index is 0.254. The lowest BCUT2D eigenvalue weighted by Gasteiger charge is -2.11. The van der Waals surface area contributed by atoms with Crippen LogP contribution in [0.15, 0.2) is 39.6 Å². The molecule has 0 bridgehead atoms. The van der Waals surface area contributed by atoms with Gasteiger partial charge in [0, 0.05) is 11.3 Å². The average Bonchev–Trinajstić information content (AvgIpc) is 2.87. The number of alkyl halides is 1. The first-order chi connectivity index (χ1) is 9.65. The largest absolute Gasteiger partial charge is 0.494 e. The highest BCUT2D eigenvalue weighted by Gasteiger charge is 2.13. The molecule has 6 heteroatoms. The van der Waals surface area contributed by atoms with Gasteiger partial charge in [-0.3, -0.25) is 4.79 Å². The monoisotopic (exact) mass is 357 g/mol. The minimum Gasteiger partial charge on any atom is -0.494 e. The molecule has 2 aromatic rings. The Labute approximate surface area is 130 Å². The SMILES string of the molecule is CCOc1ccc(NC(=O)c2ccoc2Br)cc1CCl. The second-order valence-electron chi connectivity index (χ2n) is 3.95. The minimum atomic E-state index is -0.254. The molecule has 0 spiro atoms. The fraction of sp³-hybridized carbons (Fsp3) is 0.214. The lowest BCUT2D eigenvalue weighted by atomic mass is 10.2. The summed E-state index contributed by atoms with van der Waals surface area (Å²) >= 11 is 9.06. The quantitative estimate of drug-likeness (QED) is 0.804. The zero-order chi connectivity index (χ0) is 14.5. The molecule has 0 aliphatic rings. The van der Waals surface area contributed by atoms with E-state index in [-0.39, 0.29) is 5.91 Å². The van der Waals surface area contributed by atoms with Crippen molar-refractivity contribution in [3.05, 3.63) is 46.3 Å². The molecule has 0 aliphatic heterocycles. The highest BCUT2D eigenvalue weighted by Crippen LogP contribution is 2.25. The van der Waals surface area contributed by atoms with Gasteiger partial charge >= 0.3 is 0 Å². The zero-order valence-corrected chi connectivity index (χ0v) is 13.1. The van der Waals surface area contributed by atoms with Gasteiger partial charge in [-0.15, -0.1) is 11.6 Å². The van der Waals surface area contributed by atoms with Gasteiger partial charge in [0.1, 0.15) is 5.75 Å². The highest BCUT2D eigenvalue weighted by molar-refractivity contribution is 9.10. The first-order valence-corrected chi connectivity index (χ1v) is 7.34. The van der Waals surface area contributed by atoms with Gasteiger partial charge in [0.05, 0.1) is 24.3 Å². The van der Waals surface area contributed by atoms with E-state index in [4.69, 9.17) is 20.8 Å². The standard InChI is InChI=1S/C14H13BrClNO3/c1-2-19-12-4-3-10(7-9(12)8-16)17-14(18)11-5-6-20-13(11)15/h3-7H,2,8H2,1H3,(H,17,18). The predicted molar refractivity (Wildman–Crippen MR) is 81.5 cm³/mol. The third-order valence-electron chi connectivity index (χ3n) is 2.62. The van der Waals surface area contributed by atoms with E-state index in [1.165, 1.54) is 6.26 Å². The summed E-state index contributed by atoms with van der Waals surface area (Å²) in [5, 5.41) is 2.79. The maximum absolute atomic E-state index is 12.0. The molecule has 106 valence electrons. The lowest BCUT2D eigenvalue weighted by molar-refractivity contribution is 0.102. The molecule has 2 rings (SSSR count). The molecule has 1 heterocycles. The van der Waals surface area contributed by atoms with Crippen LogP contribution in [0.5, 0.6) is 5.75 Å². The predicted octanol–water partition coefficient (Wildman–Crippen LogP) is 4.43. The van der Waals surface area contributed by atoms with Crippen molar-refractivity contribution in [1.29, 1.82) is 0 Å². The maximum atomic E-state index is 12.0. The molecule has 1 amide bonds. The molecule has 1 aromatic heterocycles. The van der Waals surface area contributed by atoms with Gasteiger partial charge in [0.15, 0.2) is 4.67 Å². The van der Waals surface area contributed by atoms with Gasteiger partial charge < -0.3 is 14.5 Å². The summed E-state index contributed by atoms with van der Waals surface area (Å²) < 4.78 is 10.9. The summed E-state index contributed by atoms with van der Waals surface area (Å²) in [6, 6.07) is 6.95. The second kappa shape index (κ2) is 6.81. The van der Waals surface area contributed by atoms with Crippen LogP contribution in [0.2, 0.25) is 0 Å². The molecule has 0 fully saturated rings. The average molecular weight is 359 g/mol. The summed E-state index contributed by atoms with van der Waals surface area (Å²) in [5.41, 5.74) is 1.92. The van der Waals surface area contributed by atoms with Crippen molar-refractivity contribution in [3.8, 4) is 5.75 Å². The van der Waals surface area contributed by atoms with Gasteiger partial charge in [-0.05, 0) is 47.1 Å². The molecule has 0 aliphatic carbocycles. The van der Waals surface area contributed by atoms with Crippen molar-refractivity contribution in [2.45, 2.75) is 12.8 Å². The number of hydrogen-bond donors (Lipinski definition) is 1. The van der Waals surface area contributed by atoms with E-state index >= 15 is 0 Å². The van der Waals surface area contributed by atoms with Crippen LogP contribution in [0, 0.1) is 0 Å². The maximum Gasteiger partial charge on any atom is 0.260 e. The molecular weight excluding hydrogens is 346 g/mol. The normalized spacial score (nSPS) is 10.3. The first kappa shape index (κ1) is 14.9. The molecule has 20 heavy (non-hydrogen) atoms. The molecule has 0 unspecified atom stereocenters. The van der Waals surface area contributed by atoms with E-state index in [0.29, 0.717) is 28.4 Å². The van der Waals surface area contributed by atoms with E-state index in [9.17, 15) is 4.79 Å². The number of ether oxygens (including phenoxy) is 1. The van der Waals surface area contributed by atoms with E-state index in [0.717, 1.165) is 11.3 Å². The number of anilines is 1. The number of hydrogen-bond acceptors (Lipinski definition) is 3. The first-order valence-electron chi connectivity index (χ1n) is 6.01. The highest BCUT2D eigenvalue weighted by atomic mass is 79.9. The van der Waals surface area contributed by atoms with E-state index in [1.807, 2.05) is 6.92 Å². The van der Waals surface area contributed by atoms with Gasteiger partial charge in [-0.25, -0.2) is 0 Å². The summed E-state index contributed by atoms with van der Waals surface area (Å²) in [4.78, 5) is 12.0. The van der Waals surface area contributed by atoms with Crippen LogP contribution in [-0.4, -0.2) is 12.5 Å². The van der Waals surface area contributed by atoms with Crippen LogP contribution in [-0.2, 0) is 5.88 Å². The summed E-state index contributed by atoms with van der Waals surface area (Å²) in [7, 11) is 0. The number of carbonyl (C=O) groups is 1. The van der Waals surface area contributed by atoms with Crippen LogP contribution < -0.4 is 10.1 Å². The number of carbonyl (C=O) groups excluding carboxylic acids is 1. The summed E-state index contributed by atoms with van der Waals surface area (Å²) in [6.07, 6.45) is 1.45. The molecule has 0 saturated carbocycles. The molecule has 4 nitrogen and oxygen atoms in total. The smallest absolute Gasteiger partial charge is 0.260 e. The van der Waals surface area contributed by atoms with Crippen LogP contribution in [0.3, 0.4) is 0 Å². The molecule has 1 N–H and O–H groups in total. The number of benzene rings is 1.